The zero-order valence-electron chi connectivity index (χ0n) is 12.9. The van der Waals surface area contributed by atoms with Crippen molar-refractivity contribution >= 4 is 39.7 Å². The molecule has 0 N–H and O–H groups in total. The van der Waals surface area contributed by atoms with Crippen LogP contribution in [0.3, 0.4) is 0 Å². The van der Waals surface area contributed by atoms with Crippen LogP contribution in [0, 0.1) is 0 Å². The number of hydrogen-bond donors (Lipinski definition) is 0. The molecule has 1 aromatic rings. The number of alkyl halides is 1. The Labute approximate surface area is 142 Å². The molecule has 2 rings (SSSR count). The Balaban J connectivity index is 2.35. The fourth-order valence-electron chi connectivity index (χ4n) is 2.22. The van der Waals surface area contributed by atoms with Crippen molar-refractivity contribution in [3.8, 4) is 0 Å². The molecule has 1 amide bonds. The minimum absolute atomic E-state index is 0.202. The van der Waals surface area contributed by atoms with Gasteiger partial charge in [-0.1, -0.05) is 33.2 Å². The van der Waals surface area contributed by atoms with Gasteiger partial charge in [0, 0.05) is 19.7 Å². The topological polar surface area (TPSA) is 80.6 Å². The molecule has 0 radical (unpaired) electrons. The third-order valence-electron chi connectivity index (χ3n) is 3.39. The summed E-state index contributed by atoms with van der Waals surface area (Å²) in [6, 6.07) is 6.70. The van der Waals surface area contributed by atoms with E-state index in [2.05, 4.69) is 35.8 Å². The molecule has 0 aromatic heterocycles. The van der Waals surface area contributed by atoms with Crippen molar-refractivity contribution < 1.29 is 19.2 Å². The van der Waals surface area contributed by atoms with Gasteiger partial charge in [0.05, 0.1) is 18.4 Å². The summed E-state index contributed by atoms with van der Waals surface area (Å²) in [4.78, 5) is 28.5. The van der Waals surface area contributed by atoms with Crippen LogP contribution in [0.15, 0.2) is 34.5 Å². The average Bonchev–Trinajstić information content (AvgIpc) is 2.79. The molecule has 1 aromatic carbocycles. The molecule has 122 valence electrons. The number of ether oxygens (including phenoxy) is 1. The van der Waals surface area contributed by atoms with Crippen LogP contribution in [0.2, 0.25) is 0 Å². The van der Waals surface area contributed by atoms with Gasteiger partial charge in [0.25, 0.3) is 5.91 Å². The summed E-state index contributed by atoms with van der Waals surface area (Å²) in [6.45, 7) is 0. The standard InChI is InChI=1S/C15H16BrN3O4/c1-19-14(21)15(16,8-9-17-23-3)12(18-19)10-4-6-11(7-5-10)13(20)22-2/h4-7,9H,8H2,1-3H3. The van der Waals surface area contributed by atoms with Crippen molar-refractivity contribution in [2.75, 3.05) is 21.3 Å². The fourth-order valence-corrected chi connectivity index (χ4v) is 2.93. The molecule has 0 aliphatic carbocycles. The first kappa shape index (κ1) is 17.1. The Morgan fingerprint density at radius 3 is 2.61 bits per heavy atom. The van der Waals surface area contributed by atoms with Gasteiger partial charge in [-0.3, -0.25) is 4.79 Å². The van der Waals surface area contributed by atoms with E-state index in [9.17, 15) is 9.59 Å². The van der Waals surface area contributed by atoms with Gasteiger partial charge in [0.2, 0.25) is 0 Å². The Kier molecular flexibility index (Phi) is 5.15. The van der Waals surface area contributed by atoms with E-state index in [1.54, 1.807) is 31.3 Å². The molecule has 23 heavy (non-hydrogen) atoms. The maximum absolute atomic E-state index is 12.4. The minimum atomic E-state index is -1.02. The summed E-state index contributed by atoms with van der Waals surface area (Å²) >= 11 is 3.49. The first-order chi connectivity index (χ1) is 10.9. The van der Waals surface area contributed by atoms with Crippen LogP contribution >= 0.6 is 15.9 Å². The third-order valence-corrected chi connectivity index (χ3v) is 4.43. The minimum Gasteiger partial charge on any atom is -0.465 e. The van der Waals surface area contributed by atoms with Gasteiger partial charge in [-0.2, -0.15) is 5.10 Å². The second-order valence-corrected chi connectivity index (χ2v) is 6.18. The van der Waals surface area contributed by atoms with Crippen LogP contribution < -0.4 is 0 Å². The molecule has 0 fully saturated rings. The number of hydrazone groups is 1. The number of amides is 1. The first-order valence-corrected chi connectivity index (χ1v) is 7.53. The number of carbonyl (C=O) groups excluding carboxylic acids is 2. The quantitative estimate of drug-likeness (QED) is 0.337. The lowest BCUT2D eigenvalue weighted by Crippen LogP contribution is -2.40. The van der Waals surface area contributed by atoms with Gasteiger partial charge < -0.3 is 9.57 Å². The van der Waals surface area contributed by atoms with Crippen molar-refractivity contribution in [1.29, 1.82) is 0 Å². The zero-order valence-corrected chi connectivity index (χ0v) is 14.5. The smallest absolute Gasteiger partial charge is 0.337 e. The van der Waals surface area contributed by atoms with Gasteiger partial charge in [0.1, 0.15) is 7.11 Å². The number of nitrogens with zero attached hydrogens (tertiary/aromatic N) is 3. The monoisotopic (exact) mass is 381 g/mol. The summed E-state index contributed by atoms with van der Waals surface area (Å²) in [5, 5.41) is 9.25. The number of esters is 1. The van der Waals surface area contributed by atoms with Crippen molar-refractivity contribution in [1.82, 2.24) is 5.01 Å². The van der Waals surface area contributed by atoms with E-state index in [1.807, 2.05) is 0 Å². The normalized spacial score (nSPS) is 20.8. The van der Waals surface area contributed by atoms with E-state index in [0.717, 1.165) is 5.56 Å². The van der Waals surface area contributed by atoms with Crippen molar-refractivity contribution in [2.45, 2.75) is 10.7 Å². The maximum atomic E-state index is 12.4. The highest BCUT2D eigenvalue weighted by Crippen LogP contribution is 2.34. The summed E-state index contributed by atoms with van der Waals surface area (Å²) in [7, 11) is 4.34. The Morgan fingerprint density at radius 1 is 1.39 bits per heavy atom. The van der Waals surface area contributed by atoms with Gasteiger partial charge in [0.15, 0.2) is 4.32 Å². The predicted octanol–water partition coefficient (Wildman–Crippen LogP) is 1.81. The molecule has 0 saturated carbocycles. The van der Waals surface area contributed by atoms with Gasteiger partial charge >= 0.3 is 5.97 Å². The highest BCUT2D eigenvalue weighted by Gasteiger charge is 2.48. The predicted molar refractivity (Wildman–Crippen MR) is 88.9 cm³/mol. The molecule has 1 aliphatic heterocycles. The molecule has 1 heterocycles. The summed E-state index contributed by atoms with van der Waals surface area (Å²) in [5.41, 5.74) is 1.69. The number of oxime groups is 1. The van der Waals surface area contributed by atoms with Crippen LogP contribution in [0.5, 0.6) is 0 Å². The number of halogens is 1. The average molecular weight is 382 g/mol. The number of hydrogen-bond acceptors (Lipinski definition) is 6. The number of benzene rings is 1. The molecule has 0 spiro atoms. The Bertz CT molecular complexity index is 672. The fraction of sp³-hybridized carbons (Fsp3) is 0.333. The molecule has 0 saturated heterocycles. The van der Waals surface area contributed by atoms with Crippen molar-refractivity contribution in [2.24, 2.45) is 10.3 Å². The highest BCUT2D eigenvalue weighted by atomic mass is 79.9. The lowest BCUT2D eigenvalue weighted by molar-refractivity contribution is -0.129. The molecular weight excluding hydrogens is 366 g/mol. The molecule has 1 aliphatic rings. The number of methoxy groups -OCH3 is 1. The molecular formula is C15H16BrN3O4. The van der Waals surface area contributed by atoms with Crippen LogP contribution in [-0.2, 0) is 14.4 Å². The van der Waals surface area contributed by atoms with E-state index in [-0.39, 0.29) is 12.3 Å². The van der Waals surface area contributed by atoms with Crippen LogP contribution in [0.4, 0.5) is 0 Å². The van der Waals surface area contributed by atoms with E-state index in [4.69, 9.17) is 0 Å². The van der Waals surface area contributed by atoms with E-state index < -0.39 is 10.3 Å². The molecule has 1 unspecified atom stereocenters. The second kappa shape index (κ2) is 6.91. The summed E-state index contributed by atoms with van der Waals surface area (Å²) < 4.78 is 3.65. The zero-order chi connectivity index (χ0) is 17.0. The largest absolute Gasteiger partial charge is 0.465 e. The third kappa shape index (κ3) is 3.26. The van der Waals surface area contributed by atoms with Crippen LogP contribution in [0.1, 0.15) is 22.3 Å². The summed E-state index contributed by atoms with van der Waals surface area (Å²) in [5.74, 6) is -0.623. The van der Waals surface area contributed by atoms with Gasteiger partial charge in [-0.25, -0.2) is 9.80 Å². The lowest BCUT2D eigenvalue weighted by atomic mass is 9.93. The Hall–Kier alpha value is -2.22. The number of rotatable bonds is 5. The van der Waals surface area contributed by atoms with Crippen molar-refractivity contribution in [3.05, 3.63) is 35.4 Å². The van der Waals surface area contributed by atoms with Gasteiger partial charge in [-0.05, 0) is 17.7 Å². The second-order valence-electron chi connectivity index (χ2n) is 4.82. The molecule has 7 nitrogen and oxygen atoms in total. The SMILES string of the molecule is CON=CCC1(Br)C(=O)N(C)N=C1c1ccc(C(=O)OC)cc1. The first-order valence-electron chi connectivity index (χ1n) is 6.74. The van der Waals surface area contributed by atoms with E-state index in [1.165, 1.54) is 25.4 Å². The van der Waals surface area contributed by atoms with Crippen LogP contribution in [0.25, 0.3) is 0 Å². The van der Waals surface area contributed by atoms with Crippen molar-refractivity contribution in [3.63, 3.8) is 0 Å². The van der Waals surface area contributed by atoms with Crippen LogP contribution in [-0.4, -0.2) is 54.4 Å². The summed E-state index contributed by atoms with van der Waals surface area (Å²) in [6.07, 6.45) is 1.78. The van der Waals surface area contributed by atoms with E-state index >= 15 is 0 Å². The molecule has 1 atom stereocenters. The lowest BCUT2D eigenvalue weighted by Gasteiger charge is -2.20. The molecule has 8 heteroatoms. The number of carbonyl (C=O) groups is 2. The maximum Gasteiger partial charge on any atom is 0.337 e. The van der Waals surface area contributed by atoms with E-state index in [0.29, 0.717) is 11.3 Å². The Morgan fingerprint density at radius 2 is 2.04 bits per heavy atom. The highest BCUT2D eigenvalue weighted by molar-refractivity contribution is 9.10. The van der Waals surface area contributed by atoms with Gasteiger partial charge in [-0.15, -0.1) is 0 Å². The molecule has 0 bridgehead atoms.